The Morgan fingerprint density at radius 1 is 1.36 bits per heavy atom. The predicted molar refractivity (Wildman–Crippen MR) is 103 cm³/mol. The Balaban J connectivity index is 1.27. The summed E-state index contributed by atoms with van der Waals surface area (Å²) < 4.78 is 13.3. The minimum atomic E-state index is -0.503. The molecule has 2 aliphatic heterocycles. The van der Waals surface area contributed by atoms with Gasteiger partial charge in [0.25, 0.3) is 0 Å². The van der Waals surface area contributed by atoms with E-state index in [-0.39, 0.29) is 22.4 Å². The van der Waals surface area contributed by atoms with Gasteiger partial charge in [-0.1, -0.05) is 11.6 Å². The summed E-state index contributed by atoms with van der Waals surface area (Å²) in [6, 6.07) is 3.98. The van der Waals surface area contributed by atoms with E-state index in [1.807, 2.05) is 0 Å². The van der Waals surface area contributed by atoms with Crippen molar-refractivity contribution >= 4 is 23.3 Å². The average Bonchev–Trinajstić information content (AvgIpc) is 3.24. The van der Waals surface area contributed by atoms with Crippen LogP contribution in [-0.2, 0) is 0 Å². The first-order valence-corrected chi connectivity index (χ1v) is 9.93. The second kappa shape index (κ2) is 6.42. The van der Waals surface area contributed by atoms with Crippen LogP contribution in [0.4, 0.5) is 14.9 Å². The van der Waals surface area contributed by atoms with Gasteiger partial charge in [-0.3, -0.25) is 5.10 Å². The van der Waals surface area contributed by atoms with Gasteiger partial charge < -0.3 is 15.1 Å². The number of nitrogens with zero attached hydrogens (tertiary/aromatic N) is 4. The molecule has 1 aromatic heterocycles. The van der Waals surface area contributed by atoms with Crippen LogP contribution >= 0.6 is 11.6 Å². The molecular weight excluding hydrogens is 383 g/mol. The van der Waals surface area contributed by atoms with Crippen LogP contribution in [0.2, 0.25) is 5.02 Å². The van der Waals surface area contributed by atoms with Crippen molar-refractivity contribution in [1.82, 2.24) is 25.0 Å². The van der Waals surface area contributed by atoms with Crippen LogP contribution in [0.3, 0.4) is 0 Å². The third-order valence-corrected chi connectivity index (χ3v) is 6.37. The van der Waals surface area contributed by atoms with Crippen molar-refractivity contribution in [3.63, 3.8) is 0 Å². The van der Waals surface area contributed by atoms with Gasteiger partial charge >= 0.3 is 6.03 Å². The number of benzene rings is 1. The van der Waals surface area contributed by atoms with Crippen LogP contribution < -0.4 is 5.32 Å². The van der Waals surface area contributed by atoms with E-state index in [9.17, 15) is 9.18 Å². The minimum absolute atomic E-state index is 0.00706. The topological polar surface area (TPSA) is 77.2 Å². The van der Waals surface area contributed by atoms with Crippen molar-refractivity contribution in [3.05, 3.63) is 40.7 Å². The van der Waals surface area contributed by atoms with Gasteiger partial charge in [0.2, 0.25) is 0 Å². The summed E-state index contributed by atoms with van der Waals surface area (Å²) in [5, 5.41) is 10.3. The summed E-state index contributed by atoms with van der Waals surface area (Å²) in [5.41, 5.74) is 0.481. The molecule has 3 fully saturated rings. The van der Waals surface area contributed by atoms with Crippen LogP contribution in [0.5, 0.6) is 0 Å². The van der Waals surface area contributed by atoms with E-state index >= 15 is 0 Å². The fraction of sp³-hybridized carbons (Fsp3) is 0.526. The maximum atomic E-state index is 13.3. The number of aromatic nitrogens is 3. The summed E-state index contributed by atoms with van der Waals surface area (Å²) in [6.07, 6.45) is 2.35. The number of nitrogens with one attached hydrogen (secondary N) is 2. The summed E-state index contributed by atoms with van der Waals surface area (Å²) in [4.78, 5) is 21.4. The molecule has 5 rings (SSSR count). The lowest BCUT2D eigenvalue weighted by Crippen LogP contribution is -2.62. The van der Waals surface area contributed by atoms with Crippen molar-refractivity contribution in [3.8, 4) is 0 Å². The number of H-pyrrole nitrogens is 1. The highest BCUT2D eigenvalue weighted by atomic mass is 35.5. The molecule has 3 aliphatic rings. The van der Waals surface area contributed by atoms with E-state index < -0.39 is 5.82 Å². The van der Waals surface area contributed by atoms with Crippen molar-refractivity contribution in [2.45, 2.75) is 24.7 Å². The molecule has 148 valence electrons. The quantitative estimate of drug-likeness (QED) is 0.824. The third kappa shape index (κ3) is 3.04. The van der Waals surface area contributed by atoms with E-state index in [0.29, 0.717) is 24.7 Å². The first-order valence-electron chi connectivity index (χ1n) is 9.55. The molecule has 3 heterocycles. The molecule has 2 amide bonds. The lowest BCUT2D eigenvalue weighted by molar-refractivity contribution is 0.0322. The van der Waals surface area contributed by atoms with Gasteiger partial charge in [0.15, 0.2) is 5.82 Å². The number of likely N-dealkylation sites (N-methyl/N-ethyl adjacent to an activating group) is 1. The molecule has 0 bridgehead atoms. The number of carbonyl (C=O) groups is 1. The summed E-state index contributed by atoms with van der Waals surface area (Å²) in [6.45, 7) is 3.13. The van der Waals surface area contributed by atoms with Gasteiger partial charge in [0, 0.05) is 49.1 Å². The van der Waals surface area contributed by atoms with Gasteiger partial charge in [-0.2, -0.15) is 5.10 Å². The van der Waals surface area contributed by atoms with Gasteiger partial charge in [-0.15, -0.1) is 0 Å². The zero-order valence-corrected chi connectivity index (χ0v) is 16.3. The van der Waals surface area contributed by atoms with Crippen molar-refractivity contribution in [1.29, 1.82) is 0 Å². The molecule has 1 unspecified atom stereocenters. The smallest absolute Gasteiger partial charge is 0.321 e. The monoisotopic (exact) mass is 404 g/mol. The van der Waals surface area contributed by atoms with Crippen LogP contribution in [0, 0.1) is 11.2 Å². The van der Waals surface area contributed by atoms with E-state index in [0.717, 1.165) is 24.7 Å². The number of urea groups is 1. The maximum Gasteiger partial charge on any atom is 0.321 e. The Hall–Kier alpha value is -2.19. The highest BCUT2D eigenvalue weighted by Gasteiger charge is 2.56. The molecule has 1 aliphatic carbocycles. The second-order valence-corrected chi connectivity index (χ2v) is 8.79. The van der Waals surface area contributed by atoms with E-state index in [1.165, 1.54) is 31.0 Å². The minimum Gasteiger partial charge on any atom is -0.323 e. The molecule has 1 aromatic carbocycles. The first-order chi connectivity index (χ1) is 13.4. The molecule has 2 aromatic rings. The summed E-state index contributed by atoms with van der Waals surface area (Å²) >= 11 is 5.79. The van der Waals surface area contributed by atoms with Crippen LogP contribution in [0.1, 0.15) is 36.3 Å². The molecular formula is C19H22ClFN6O. The Bertz CT molecular complexity index is 923. The summed E-state index contributed by atoms with van der Waals surface area (Å²) in [5.74, 6) is 2.13. The molecule has 1 spiro atoms. The number of anilines is 1. The molecule has 2 saturated heterocycles. The van der Waals surface area contributed by atoms with Crippen LogP contribution in [0.15, 0.2) is 18.2 Å². The molecule has 2 N–H and O–H groups in total. The Morgan fingerprint density at radius 2 is 2.14 bits per heavy atom. The number of halogens is 2. The Morgan fingerprint density at radius 3 is 2.86 bits per heavy atom. The SMILES string of the molecule is CN1CC(c2nc(C3CC3)n[nH]2)C2(C1)CN(C(=O)Nc1ccc(F)c(Cl)c1)C2. The van der Waals surface area contributed by atoms with Gasteiger partial charge in [-0.25, -0.2) is 14.2 Å². The van der Waals surface area contributed by atoms with Gasteiger partial charge in [0.05, 0.1) is 5.02 Å². The zero-order chi connectivity index (χ0) is 19.5. The fourth-order valence-electron chi connectivity index (χ4n) is 4.52. The largest absolute Gasteiger partial charge is 0.323 e. The first kappa shape index (κ1) is 17.9. The number of rotatable bonds is 3. The van der Waals surface area contributed by atoms with E-state index in [4.69, 9.17) is 16.6 Å². The lowest BCUT2D eigenvalue weighted by Gasteiger charge is -2.50. The normalized spacial score (nSPS) is 23.8. The van der Waals surface area contributed by atoms with Crippen molar-refractivity contribution in [2.75, 3.05) is 38.5 Å². The number of hydrogen-bond donors (Lipinski definition) is 2. The molecule has 9 heteroatoms. The summed E-state index contributed by atoms with van der Waals surface area (Å²) in [7, 11) is 2.10. The highest BCUT2D eigenvalue weighted by molar-refractivity contribution is 6.31. The fourth-order valence-corrected chi connectivity index (χ4v) is 4.70. The van der Waals surface area contributed by atoms with Crippen molar-refractivity contribution < 1.29 is 9.18 Å². The average molecular weight is 405 g/mol. The number of amides is 2. The van der Waals surface area contributed by atoms with Crippen LogP contribution in [-0.4, -0.2) is 64.2 Å². The zero-order valence-electron chi connectivity index (χ0n) is 15.6. The van der Waals surface area contributed by atoms with E-state index in [2.05, 4.69) is 27.5 Å². The predicted octanol–water partition coefficient (Wildman–Crippen LogP) is 3.04. The number of likely N-dealkylation sites (tertiary alicyclic amines) is 2. The standard InChI is InChI=1S/C19H22ClFN6O/c1-26-7-13(17-23-16(24-25-17)11-2-3-11)19(8-26)9-27(10-19)18(28)22-12-4-5-15(21)14(20)6-12/h4-6,11,13H,2-3,7-10H2,1H3,(H,22,28)(H,23,24,25). The maximum absolute atomic E-state index is 13.3. The van der Waals surface area contributed by atoms with Gasteiger partial charge in [-0.05, 0) is 38.1 Å². The van der Waals surface area contributed by atoms with Crippen LogP contribution in [0.25, 0.3) is 0 Å². The molecule has 1 atom stereocenters. The van der Waals surface area contributed by atoms with Crippen molar-refractivity contribution in [2.24, 2.45) is 5.41 Å². The van der Waals surface area contributed by atoms with E-state index in [1.54, 1.807) is 4.90 Å². The lowest BCUT2D eigenvalue weighted by atomic mass is 9.71. The second-order valence-electron chi connectivity index (χ2n) is 8.38. The number of aromatic amines is 1. The number of hydrogen-bond acceptors (Lipinski definition) is 4. The molecule has 1 saturated carbocycles. The van der Waals surface area contributed by atoms with Gasteiger partial charge in [0.1, 0.15) is 11.6 Å². The number of carbonyl (C=O) groups excluding carboxylic acids is 1. The molecule has 0 radical (unpaired) electrons. The molecule has 7 nitrogen and oxygen atoms in total. The Labute approximate surface area is 167 Å². The molecule has 28 heavy (non-hydrogen) atoms. The third-order valence-electron chi connectivity index (χ3n) is 6.08. The Kier molecular flexibility index (Phi) is 4.10. The highest BCUT2D eigenvalue weighted by Crippen LogP contribution is 2.48.